The predicted molar refractivity (Wildman–Crippen MR) is 81.7 cm³/mol. The molecule has 0 radical (unpaired) electrons. The molecule has 0 aliphatic heterocycles. The number of rotatable bonds is 8. The van der Waals surface area contributed by atoms with Gasteiger partial charge in [0.2, 0.25) is 10.0 Å². The SMILES string of the molecule is CCCN(CC)CCNS(=O)(=O)c1ccc(Br)cc1F. The molecule has 4 nitrogen and oxygen atoms in total. The van der Waals surface area contributed by atoms with Crippen LogP contribution in [0.3, 0.4) is 0 Å². The largest absolute Gasteiger partial charge is 0.302 e. The van der Waals surface area contributed by atoms with Crippen molar-refractivity contribution in [3.8, 4) is 0 Å². The highest BCUT2D eigenvalue weighted by molar-refractivity contribution is 9.10. The van der Waals surface area contributed by atoms with Gasteiger partial charge in [0.25, 0.3) is 0 Å². The standard InChI is InChI=1S/C13H20BrFN2O2S/c1-3-8-17(4-2)9-7-16-20(18,19)13-6-5-11(14)10-12(13)15/h5-6,10,16H,3-4,7-9H2,1-2H3. The van der Waals surface area contributed by atoms with Crippen LogP contribution in [0.5, 0.6) is 0 Å². The minimum atomic E-state index is -3.80. The Hall–Kier alpha value is -0.500. The minimum absolute atomic E-state index is 0.270. The first-order chi connectivity index (χ1) is 9.40. The number of benzene rings is 1. The second-order valence-electron chi connectivity index (χ2n) is 4.41. The summed E-state index contributed by atoms with van der Waals surface area (Å²) in [5.41, 5.74) is 0. The van der Waals surface area contributed by atoms with Crippen LogP contribution in [0, 0.1) is 5.82 Å². The molecular formula is C13H20BrFN2O2S. The molecule has 0 aromatic heterocycles. The van der Waals surface area contributed by atoms with E-state index in [0.717, 1.165) is 25.6 Å². The van der Waals surface area contributed by atoms with Crippen molar-refractivity contribution in [2.45, 2.75) is 25.2 Å². The van der Waals surface area contributed by atoms with Crippen LogP contribution in [0.15, 0.2) is 27.6 Å². The van der Waals surface area contributed by atoms with E-state index in [4.69, 9.17) is 0 Å². The van der Waals surface area contributed by atoms with Gasteiger partial charge < -0.3 is 4.90 Å². The van der Waals surface area contributed by atoms with E-state index >= 15 is 0 Å². The zero-order chi connectivity index (χ0) is 15.2. The third kappa shape index (κ3) is 5.12. The van der Waals surface area contributed by atoms with Gasteiger partial charge in [-0.2, -0.15) is 0 Å². The van der Waals surface area contributed by atoms with E-state index in [9.17, 15) is 12.8 Å². The minimum Gasteiger partial charge on any atom is -0.302 e. The molecule has 1 rings (SSSR count). The zero-order valence-corrected chi connectivity index (χ0v) is 14.1. The molecule has 0 saturated heterocycles. The lowest BCUT2D eigenvalue weighted by molar-refractivity contribution is 0.293. The molecule has 0 aliphatic rings. The first-order valence-corrected chi connectivity index (χ1v) is 8.85. The number of sulfonamides is 1. The van der Waals surface area contributed by atoms with E-state index in [0.29, 0.717) is 11.0 Å². The van der Waals surface area contributed by atoms with E-state index < -0.39 is 15.8 Å². The summed E-state index contributed by atoms with van der Waals surface area (Å²) >= 11 is 3.10. The Morgan fingerprint density at radius 3 is 2.55 bits per heavy atom. The Kier molecular flexibility index (Phi) is 7.08. The second-order valence-corrected chi connectivity index (χ2v) is 7.06. The smallest absolute Gasteiger partial charge is 0.243 e. The summed E-state index contributed by atoms with van der Waals surface area (Å²) in [4.78, 5) is 1.82. The molecule has 1 aromatic carbocycles. The number of hydrogen-bond acceptors (Lipinski definition) is 3. The van der Waals surface area contributed by atoms with Crippen molar-refractivity contribution in [2.75, 3.05) is 26.2 Å². The van der Waals surface area contributed by atoms with E-state index in [1.165, 1.54) is 12.1 Å². The Bertz CT molecular complexity index is 537. The van der Waals surface area contributed by atoms with Gasteiger partial charge in [0.05, 0.1) is 0 Å². The highest BCUT2D eigenvalue weighted by atomic mass is 79.9. The lowest BCUT2D eigenvalue weighted by atomic mass is 10.3. The fourth-order valence-electron chi connectivity index (χ4n) is 1.85. The monoisotopic (exact) mass is 366 g/mol. The third-order valence-corrected chi connectivity index (χ3v) is 4.88. The number of nitrogens with one attached hydrogen (secondary N) is 1. The maximum atomic E-state index is 13.7. The highest BCUT2D eigenvalue weighted by Gasteiger charge is 2.18. The van der Waals surface area contributed by atoms with Gasteiger partial charge in [-0.25, -0.2) is 17.5 Å². The first kappa shape index (κ1) is 17.6. The maximum absolute atomic E-state index is 13.7. The van der Waals surface area contributed by atoms with Gasteiger partial charge in [-0.15, -0.1) is 0 Å². The van der Waals surface area contributed by atoms with Crippen LogP contribution in [-0.2, 0) is 10.0 Å². The van der Waals surface area contributed by atoms with Crippen molar-refractivity contribution >= 4 is 26.0 Å². The summed E-state index contributed by atoms with van der Waals surface area (Å²) in [6.45, 7) is 6.77. The topological polar surface area (TPSA) is 49.4 Å². The molecule has 1 N–H and O–H groups in total. The number of nitrogens with zero attached hydrogens (tertiary/aromatic N) is 1. The molecule has 0 aliphatic carbocycles. The first-order valence-electron chi connectivity index (χ1n) is 6.57. The summed E-state index contributed by atoms with van der Waals surface area (Å²) in [6.07, 6.45) is 1.02. The quantitative estimate of drug-likeness (QED) is 0.769. The Morgan fingerprint density at radius 1 is 1.30 bits per heavy atom. The van der Waals surface area contributed by atoms with Crippen LogP contribution in [0.2, 0.25) is 0 Å². The average Bonchev–Trinajstić information content (AvgIpc) is 2.37. The van der Waals surface area contributed by atoms with Gasteiger partial charge in [0.1, 0.15) is 10.7 Å². The van der Waals surface area contributed by atoms with Gasteiger partial charge >= 0.3 is 0 Å². The van der Waals surface area contributed by atoms with Gasteiger partial charge in [-0.05, 0) is 37.7 Å². The van der Waals surface area contributed by atoms with Crippen molar-refractivity contribution in [3.63, 3.8) is 0 Å². The lowest BCUT2D eigenvalue weighted by Gasteiger charge is -2.19. The Morgan fingerprint density at radius 2 is 2.00 bits per heavy atom. The van der Waals surface area contributed by atoms with E-state index in [2.05, 4.69) is 32.5 Å². The second kappa shape index (κ2) is 8.07. The fraction of sp³-hybridized carbons (Fsp3) is 0.538. The summed E-state index contributed by atoms with van der Waals surface area (Å²) in [5.74, 6) is -0.757. The molecule has 114 valence electrons. The van der Waals surface area contributed by atoms with Crippen LogP contribution >= 0.6 is 15.9 Å². The molecule has 0 fully saturated rings. The summed E-state index contributed by atoms with van der Waals surface area (Å²) in [7, 11) is -3.80. The van der Waals surface area contributed by atoms with Crippen molar-refractivity contribution in [3.05, 3.63) is 28.5 Å². The molecule has 0 atom stereocenters. The van der Waals surface area contributed by atoms with Crippen molar-refractivity contribution in [2.24, 2.45) is 0 Å². The normalized spacial score (nSPS) is 12.1. The Balaban J connectivity index is 2.66. The lowest BCUT2D eigenvalue weighted by Crippen LogP contribution is -2.35. The number of halogens is 2. The molecule has 0 saturated carbocycles. The summed E-state index contributed by atoms with van der Waals surface area (Å²) < 4.78 is 40.6. The molecule has 20 heavy (non-hydrogen) atoms. The fourth-order valence-corrected chi connectivity index (χ4v) is 3.26. The molecule has 0 unspecified atom stereocenters. The number of hydrogen-bond donors (Lipinski definition) is 1. The van der Waals surface area contributed by atoms with E-state index in [-0.39, 0.29) is 11.4 Å². The molecule has 0 amide bonds. The highest BCUT2D eigenvalue weighted by Crippen LogP contribution is 2.19. The predicted octanol–water partition coefficient (Wildman–Crippen LogP) is 2.60. The van der Waals surface area contributed by atoms with Crippen molar-refractivity contribution < 1.29 is 12.8 Å². The molecule has 0 bridgehead atoms. The van der Waals surface area contributed by atoms with Gasteiger partial charge in [-0.1, -0.05) is 29.8 Å². The van der Waals surface area contributed by atoms with Crippen molar-refractivity contribution in [1.82, 2.24) is 9.62 Å². The average molecular weight is 367 g/mol. The Labute approximate surface area is 128 Å². The van der Waals surface area contributed by atoms with Gasteiger partial charge in [0, 0.05) is 17.6 Å². The molecule has 0 spiro atoms. The summed E-state index contributed by atoms with van der Waals surface area (Å²) in [5, 5.41) is 0. The van der Waals surface area contributed by atoms with Gasteiger partial charge in [0.15, 0.2) is 0 Å². The molecule has 7 heteroatoms. The zero-order valence-electron chi connectivity index (χ0n) is 11.7. The summed E-state index contributed by atoms with van der Waals surface area (Å²) in [6, 6.07) is 3.91. The van der Waals surface area contributed by atoms with Crippen LogP contribution < -0.4 is 4.72 Å². The van der Waals surface area contributed by atoms with Crippen LogP contribution in [0.25, 0.3) is 0 Å². The molecular weight excluding hydrogens is 347 g/mol. The van der Waals surface area contributed by atoms with Crippen LogP contribution in [-0.4, -0.2) is 39.5 Å². The van der Waals surface area contributed by atoms with E-state index in [1.54, 1.807) is 0 Å². The third-order valence-electron chi connectivity index (χ3n) is 2.89. The molecule has 0 heterocycles. The van der Waals surface area contributed by atoms with Crippen molar-refractivity contribution in [1.29, 1.82) is 0 Å². The maximum Gasteiger partial charge on any atom is 0.243 e. The van der Waals surface area contributed by atoms with E-state index in [1.807, 2.05) is 6.92 Å². The van der Waals surface area contributed by atoms with Crippen LogP contribution in [0.4, 0.5) is 4.39 Å². The number of likely N-dealkylation sites (N-methyl/N-ethyl adjacent to an activating group) is 1. The van der Waals surface area contributed by atoms with Crippen LogP contribution in [0.1, 0.15) is 20.3 Å². The molecule has 1 aromatic rings. The van der Waals surface area contributed by atoms with Gasteiger partial charge in [-0.3, -0.25) is 0 Å².